The van der Waals surface area contributed by atoms with Gasteiger partial charge >= 0.3 is 0 Å². The van der Waals surface area contributed by atoms with Crippen LogP contribution in [0.3, 0.4) is 0 Å². The second-order valence-corrected chi connectivity index (χ2v) is 7.76. The van der Waals surface area contributed by atoms with Crippen LogP contribution in [-0.2, 0) is 4.79 Å². The Morgan fingerprint density at radius 1 is 1.04 bits per heavy atom. The van der Waals surface area contributed by atoms with Crippen LogP contribution >= 0.6 is 15.9 Å². The van der Waals surface area contributed by atoms with Gasteiger partial charge in [0.15, 0.2) is 6.61 Å². The number of rotatable bonds is 5. The van der Waals surface area contributed by atoms with Gasteiger partial charge in [-0.25, -0.2) is 0 Å². The van der Waals surface area contributed by atoms with E-state index in [0.29, 0.717) is 5.75 Å². The van der Waals surface area contributed by atoms with Crippen molar-refractivity contribution >= 4 is 32.6 Å². The summed E-state index contributed by atoms with van der Waals surface area (Å²) in [5, 5.41) is 5.22. The highest BCUT2D eigenvalue weighted by Gasteiger charge is 2.14. The topological polar surface area (TPSA) is 38.3 Å². The van der Waals surface area contributed by atoms with Crippen molar-refractivity contribution in [2.24, 2.45) is 0 Å². The molecule has 0 saturated heterocycles. The number of hydrogen-bond acceptors (Lipinski definition) is 2. The van der Waals surface area contributed by atoms with Gasteiger partial charge in [-0.3, -0.25) is 4.79 Å². The molecule has 1 amide bonds. The average Bonchev–Trinajstić information content (AvgIpc) is 2.64. The Bertz CT molecular complexity index is 997. The lowest BCUT2D eigenvalue weighted by atomic mass is 9.96. The van der Waals surface area contributed by atoms with Gasteiger partial charge in [0.2, 0.25) is 0 Å². The first-order valence-electron chi connectivity index (χ1n) is 9.04. The van der Waals surface area contributed by atoms with E-state index in [1.807, 2.05) is 43.3 Å². The highest BCUT2D eigenvalue weighted by atomic mass is 79.9. The first kappa shape index (κ1) is 19.4. The summed E-state index contributed by atoms with van der Waals surface area (Å²) in [6, 6.07) is 16.2. The third-order valence-corrected chi connectivity index (χ3v) is 5.73. The van der Waals surface area contributed by atoms with Crippen LogP contribution in [0.5, 0.6) is 5.75 Å². The van der Waals surface area contributed by atoms with Crippen molar-refractivity contribution < 1.29 is 9.53 Å². The standard InChI is InChI=1S/C23H24BrNO2/c1-14-11-16(3)20(12-15(14)2)17(4)25-22(26)13-27-21-10-9-18-7-5-6-8-19(18)23(21)24/h5-12,17H,13H2,1-4H3,(H,25,26)/t17-/m1/s1. The zero-order chi connectivity index (χ0) is 19.6. The number of aryl methyl sites for hydroxylation is 3. The Labute approximate surface area is 168 Å². The normalized spacial score (nSPS) is 12.0. The molecule has 3 aromatic carbocycles. The molecular formula is C23H24BrNO2. The molecule has 0 bridgehead atoms. The molecule has 0 aromatic heterocycles. The number of ether oxygens (including phenoxy) is 1. The molecule has 0 saturated carbocycles. The Morgan fingerprint density at radius 2 is 1.74 bits per heavy atom. The zero-order valence-electron chi connectivity index (χ0n) is 16.1. The fraction of sp³-hybridized carbons (Fsp3) is 0.261. The first-order chi connectivity index (χ1) is 12.9. The molecule has 3 nitrogen and oxygen atoms in total. The van der Waals surface area contributed by atoms with E-state index in [1.165, 1.54) is 16.7 Å². The predicted octanol–water partition coefficient (Wildman–Crippen LogP) is 5.78. The van der Waals surface area contributed by atoms with Gasteiger partial charge in [0.05, 0.1) is 10.5 Å². The minimum atomic E-state index is -0.139. The fourth-order valence-corrected chi connectivity index (χ4v) is 3.89. The number of benzene rings is 3. The third-order valence-electron chi connectivity index (χ3n) is 4.91. The molecule has 0 spiro atoms. The molecule has 0 aliphatic rings. The van der Waals surface area contributed by atoms with Gasteiger partial charge in [0, 0.05) is 0 Å². The lowest BCUT2D eigenvalue weighted by Crippen LogP contribution is -2.31. The van der Waals surface area contributed by atoms with Crippen molar-refractivity contribution in [2.75, 3.05) is 6.61 Å². The van der Waals surface area contributed by atoms with Crippen LogP contribution in [0.2, 0.25) is 0 Å². The summed E-state index contributed by atoms with van der Waals surface area (Å²) in [6.45, 7) is 8.25. The summed E-state index contributed by atoms with van der Waals surface area (Å²) in [6.07, 6.45) is 0. The molecule has 0 radical (unpaired) electrons. The SMILES string of the molecule is Cc1cc(C)c([C@@H](C)NC(=O)COc2ccc3ccccc3c2Br)cc1C. The number of amides is 1. The van der Waals surface area contributed by atoms with Crippen LogP contribution in [-0.4, -0.2) is 12.5 Å². The lowest BCUT2D eigenvalue weighted by molar-refractivity contribution is -0.123. The van der Waals surface area contributed by atoms with Crippen molar-refractivity contribution in [2.45, 2.75) is 33.7 Å². The highest BCUT2D eigenvalue weighted by Crippen LogP contribution is 2.33. The van der Waals surface area contributed by atoms with Gasteiger partial charge < -0.3 is 10.1 Å². The second-order valence-electron chi connectivity index (χ2n) is 6.97. The minimum Gasteiger partial charge on any atom is -0.483 e. The Morgan fingerprint density at radius 3 is 2.52 bits per heavy atom. The molecular weight excluding hydrogens is 402 g/mol. The van der Waals surface area contributed by atoms with E-state index in [-0.39, 0.29) is 18.6 Å². The van der Waals surface area contributed by atoms with Crippen LogP contribution in [0, 0.1) is 20.8 Å². The molecule has 1 N–H and O–H groups in total. The fourth-order valence-electron chi connectivity index (χ4n) is 3.28. The maximum Gasteiger partial charge on any atom is 0.258 e. The van der Waals surface area contributed by atoms with Crippen molar-refractivity contribution in [3.8, 4) is 5.75 Å². The summed E-state index contributed by atoms with van der Waals surface area (Å²) >= 11 is 3.59. The number of carbonyl (C=O) groups excluding carboxylic acids is 1. The summed E-state index contributed by atoms with van der Waals surface area (Å²) in [5.74, 6) is 0.527. The van der Waals surface area contributed by atoms with Crippen molar-refractivity contribution in [3.05, 3.63) is 75.3 Å². The molecule has 3 aromatic rings. The smallest absolute Gasteiger partial charge is 0.258 e. The summed E-state index contributed by atoms with van der Waals surface area (Å²) in [5.41, 5.74) is 4.81. The van der Waals surface area contributed by atoms with E-state index >= 15 is 0 Å². The minimum absolute atomic E-state index is 0.0226. The summed E-state index contributed by atoms with van der Waals surface area (Å²) < 4.78 is 6.62. The molecule has 0 fully saturated rings. The highest BCUT2D eigenvalue weighted by molar-refractivity contribution is 9.10. The monoisotopic (exact) mass is 425 g/mol. The number of halogens is 1. The van der Waals surface area contributed by atoms with Gasteiger partial charge in [-0.2, -0.15) is 0 Å². The molecule has 4 heteroatoms. The van der Waals surface area contributed by atoms with E-state index in [1.54, 1.807) is 0 Å². The van der Waals surface area contributed by atoms with Gasteiger partial charge in [0.25, 0.3) is 5.91 Å². The summed E-state index contributed by atoms with van der Waals surface area (Å²) in [7, 11) is 0. The molecule has 27 heavy (non-hydrogen) atoms. The van der Waals surface area contributed by atoms with Crippen LogP contribution in [0.15, 0.2) is 53.0 Å². The Balaban J connectivity index is 1.66. The van der Waals surface area contributed by atoms with Crippen molar-refractivity contribution in [1.82, 2.24) is 5.32 Å². The maximum absolute atomic E-state index is 12.4. The molecule has 1 atom stereocenters. The third kappa shape index (κ3) is 4.33. The number of carbonyl (C=O) groups is 1. The quantitative estimate of drug-likeness (QED) is 0.561. The number of hydrogen-bond donors (Lipinski definition) is 1. The zero-order valence-corrected chi connectivity index (χ0v) is 17.7. The molecule has 0 aliphatic heterocycles. The molecule has 0 aliphatic carbocycles. The van der Waals surface area contributed by atoms with E-state index in [2.05, 4.69) is 54.2 Å². The van der Waals surface area contributed by atoms with Gasteiger partial charge in [-0.1, -0.05) is 42.5 Å². The number of nitrogens with one attached hydrogen (secondary N) is 1. The first-order valence-corrected chi connectivity index (χ1v) is 9.83. The van der Waals surface area contributed by atoms with Crippen molar-refractivity contribution in [3.63, 3.8) is 0 Å². The molecule has 3 rings (SSSR count). The van der Waals surface area contributed by atoms with E-state index in [4.69, 9.17) is 4.74 Å². The van der Waals surface area contributed by atoms with Crippen LogP contribution in [0.25, 0.3) is 10.8 Å². The van der Waals surface area contributed by atoms with E-state index in [0.717, 1.165) is 20.8 Å². The van der Waals surface area contributed by atoms with Crippen LogP contribution in [0.4, 0.5) is 0 Å². The molecule has 140 valence electrons. The van der Waals surface area contributed by atoms with Gasteiger partial charge in [0.1, 0.15) is 5.75 Å². The largest absolute Gasteiger partial charge is 0.483 e. The Kier molecular flexibility index (Phi) is 5.85. The van der Waals surface area contributed by atoms with E-state index in [9.17, 15) is 4.79 Å². The van der Waals surface area contributed by atoms with Gasteiger partial charge in [-0.15, -0.1) is 0 Å². The van der Waals surface area contributed by atoms with Crippen LogP contribution < -0.4 is 10.1 Å². The maximum atomic E-state index is 12.4. The lowest BCUT2D eigenvalue weighted by Gasteiger charge is -2.19. The van der Waals surface area contributed by atoms with Crippen molar-refractivity contribution in [1.29, 1.82) is 0 Å². The molecule has 0 heterocycles. The predicted molar refractivity (Wildman–Crippen MR) is 114 cm³/mol. The van der Waals surface area contributed by atoms with Crippen LogP contribution in [0.1, 0.15) is 35.2 Å². The number of fused-ring (bicyclic) bond motifs is 1. The Hall–Kier alpha value is -2.33. The molecule has 0 unspecified atom stereocenters. The van der Waals surface area contributed by atoms with Gasteiger partial charge in [-0.05, 0) is 82.7 Å². The second kappa shape index (κ2) is 8.13. The summed E-state index contributed by atoms with van der Waals surface area (Å²) in [4.78, 5) is 12.4. The average molecular weight is 426 g/mol. The van der Waals surface area contributed by atoms with E-state index < -0.39 is 0 Å².